The molecule has 0 aromatic carbocycles. The van der Waals surface area contributed by atoms with Crippen molar-refractivity contribution in [1.29, 1.82) is 5.26 Å². The molecule has 0 saturated heterocycles. The summed E-state index contributed by atoms with van der Waals surface area (Å²) >= 11 is 0. The van der Waals surface area contributed by atoms with Gasteiger partial charge in [-0.1, -0.05) is 26.7 Å². The van der Waals surface area contributed by atoms with Crippen molar-refractivity contribution in [3.05, 3.63) is 36.5 Å². The maximum absolute atomic E-state index is 8.03. The minimum absolute atomic E-state index is 0. The van der Waals surface area contributed by atoms with Gasteiger partial charge in [-0.05, 0) is 39.8 Å². The molecule has 1 aromatic rings. The molecule has 0 fully saturated rings. The van der Waals surface area contributed by atoms with Crippen LogP contribution >= 0.6 is 0 Å². The van der Waals surface area contributed by atoms with E-state index < -0.39 is 0 Å². The SMILES string of the molecule is CC(=N\O)/C(C)=N/O.CC(=N\O)/C(C)=N/O.C[C-](C)C#N.[Co].c1ccncc1. The second-order valence-electron chi connectivity index (χ2n) is 4.88. The summed E-state index contributed by atoms with van der Waals surface area (Å²) in [5.41, 5.74) is 1.25. The zero-order valence-electron chi connectivity index (χ0n) is 16.7. The fraction of sp³-hybridized carbons (Fsp3) is 0.353. The number of hydrogen-bond acceptors (Lipinski definition) is 10. The van der Waals surface area contributed by atoms with Crippen molar-refractivity contribution in [2.75, 3.05) is 0 Å². The Morgan fingerprint density at radius 2 is 1.00 bits per heavy atom. The predicted octanol–water partition coefficient (Wildman–Crippen LogP) is 3.58. The molecule has 0 aliphatic rings. The Hall–Kier alpha value is -3.10. The number of rotatable bonds is 2. The van der Waals surface area contributed by atoms with Gasteiger partial charge in [0, 0.05) is 29.2 Å². The summed E-state index contributed by atoms with van der Waals surface area (Å²) in [7, 11) is 0. The molecule has 10 nitrogen and oxygen atoms in total. The van der Waals surface area contributed by atoms with Crippen LogP contribution in [0.4, 0.5) is 0 Å². The van der Waals surface area contributed by atoms with Gasteiger partial charge in [0.2, 0.25) is 0 Å². The summed E-state index contributed by atoms with van der Waals surface area (Å²) in [5.74, 6) is 0.810. The second-order valence-corrected chi connectivity index (χ2v) is 4.88. The predicted molar refractivity (Wildman–Crippen MR) is 104 cm³/mol. The third-order valence-electron chi connectivity index (χ3n) is 2.44. The first-order valence-corrected chi connectivity index (χ1v) is 7.52. The van der Waals surface area contributed by atoms with E-state index in [0.717, 1.165) is 5.92 Å². The molecule has 0 aliphatic heterocycles. The Labute approximate surface area is 175 Å². The summed E-state index contributed by atoms with van der Waals surface area (Å²) in [4.78, 5) is 3.78. The van der Waals surface area contributed by atoms with Crippen molar-refractivity contribution in [2.45, 2.75) is 41.5 Å². The molecule has 11 heteroatoms. The average molecular weight is 438 g/mol. The summed E-state index contributed by atoms with van der Waals surface area (Å²) < 4.78 is 0. The molecule has 0 spiro atoms. The average Bonchev–Trinajstić information content (AvgIpc) is 2.73. The number of hydrogen-bond donors (Lipinski definition) is 4. The Kier molecular flexibility index (Phi) is 27.8. The Morgan fingerprint density at radius 3 is 1.07 bits per heavy atom. The monoisotopic (exact) mass is 438 g/mol. The van der Waals surface area contributed by atoms with Gasteiger partial charge in [-0.2, -0.15) is 13.8 Å². The quantitative estimate of drug-likeness (QED) is 0.238. The van der Waals surface area contributed by atoms with Crippen LogP contribution in [0.5, 0.6) is 0 Å². The van der Waals surface area contributed by atoms with Crippen molar-refractivity contribution >= 4 is 22.8 Å². The molecule has 28 heavy (non-hydrogen) atoms. The van der Waals surface area contributed by atoms with Crippen molar-refractivity contribution in [2.24, 2.45) is 20.6 Å². The standard InChI is InChI=1S/C5H5N.2C4H8N2O2.C4H6N.Co/c1-2-4-6-5-3-1;2*1-3(5-7)4(2)6-8;1-4(2)3-5;/h1-5H;2*7-8H,1-2H3;1-2H3;/q;;;-1;/b;2*5-3+,6-4+;;. The van der Waals surface area contributed by atoms with Crippen molar-refractivity contribution < 1.29 is 37.6 Å². The maximum atomic E-state index is 8.03. The van der Waals surface area contributed by atoms with Gasteiger partial charge < -0.3 is 20.8 Å². The van der Waals surface area contributed by atoms with Gasteiger partial charge in [-0.15, -0.1) is 6.07 Å². The van der Waals surface area contributed by atoms with Gasteiger partial charge in [0.1, 0.15) is 22.8 Å². The van der Waals surface area contributed by atoms with E-state index in [0.29, 0.717) is 22.8 Å². The van der Waals surface area contributed by atoms with Crippen LogP contribution in [0.15, 0.2) is 51.2 Å². The van der Waals surface area contributed by atoms with Crippen LogP contribution in [-0.2, 0) is 16.8 Å². The van der Waals surface area contributed by atoms with Gasteiger partial charge in [0.05, 0.1) is 0 Å². The van der Waals surface area contributed by atoms with E-state index in [2.05, 4.69) is 25.6 Å². The van der Waals surface area contributed by atoms with E-state index in [1.165, 1.54) is 27.7 Å². The van der Waals surface area contributed by atoms with Gasteiger partial charge in [-0.25, -0.2) is 5.26 Å². The molecule has 159 valence electrons. The van der Waals surface area contributed by atoms with Crippen molar-refractivity contribution in [3.63, 3.8) is 0 Å². The van der Waals surface area contributed by atoms with E-state index in [1.807, 2.05) is 24.3 Å². The first-order chi connectivity index (χ1) is 12.7. The van der Waals surface area contributed by atoms with E-state index in [1.54, 1.807) is 26.2 Å². The Bertz CT molecular complexity index is 550. The largest absolute Gasteiger partial charge is 0.411 e. The second kappa shape index (κ2) is 23.9. The van der Waals surface area contributed by atoms with Crippen LogP contribution in [0.25, 0.3) is 0 Å². The Balaban J connectivity index is -0.000000138. The first kappa shape index (κ1) is 32.6. The molecule has 0 aliphatic carbocycles. The van der Waals surface area contributed by atoms with Crippen LogP contribution in [0.1, 0.15) is 41.5 Å². The fourth-order valence-electron chi connectivity index (χ4n) is 0.602. The number of oxime groups is 4. The van der Waals surface area contributed by atoms with Crippen LogP contribution in [0.2, 0.25) is 0 Å². The molecular weight excluding hydrogens is 411 g/mol. The number of aromatic nitrogens is 1. The summed E-state index contributed by atoms with van der Waals surface area (Å²) in [6, 6.07) is 7.66. The van der Waals surface area contributed by atoms with Crippen molar-refractivity contribution in [1.82, 2.24) is 4.98 Å². The molecule has 0 bridgehead atoms. The fourth-order valence-corrected chi connectivity index (χ4v) is 0.602. The molecule has 0 amide bonds. The van der Waals surface area contributed by atoms with Gasteiger partial charge >= 0.3 is 0 Å². The van der Waals surface area contributed by atoms with E-state index in [4.69, 9.17) is 26.1 Å². The zero-order valence-corrected chi connectivity index (χ0v) is 17.7. The normalized spacial score (nSPS) is 10.9. The molecule has 4 N–H and O–H groups in total. The Morgan fingerprint density at radius 1 is 0.750 bits per heavy atom. The molecule has 0 atom stereocenters. The third-order valence-corrected chi connectivity index (χ3v) is 2.44. The molecular formula is C17H27CoN6O4-. The minimum Gasteiger partial charge on any atom is -0.411 e. The summed E-state index contributed by atoms with van der Waals surface area (Å²) in [6.07, 6.45) is 3.50. The number of nitriles is 1. The van der Waals surface area contributed by atoms with Crippen LogP contribution in [-0.4, -0.2) is 48.7 Å². The molecule has 0 saturated carbocycles. The minimum atomic E-state index is 0. The van der Waals surface area contributed by atoms with Crippen molar-refractivity contribution in [3.8, 4) is 6.07 Å². The summed E-state index contributed by atoms with van der Waals surface area (Å²) in [5, 5.41) is 51.1. The van der Waals surface area contributed by atoms with Crippen LogP contribution < -0.4 is 0 Å². The van der Waals surface area contributed by atoms with E-state index in [9.17, 15) is 0 Å². The summed E-state index contributed by atoms with van der Waals surface area (Å²) in [6.45, 7) is 9.70. The molecule has 0 unspecified atom stereocenters. The third kappa shape index (κ3) is 25.1. The first-order valence-electron chi connectivity index (χ1n) is 7.52. The number of pyridine rings is 1. The molecule has 1 aromatic heterocycles. The smallest absolute Gasteiger partial charge is 0.101 e. The van der Waals surface area contributed by atoms with Crippen LogP contribution in [0.3, 0.4) is 0 Å². The molecule has 1 radical (unpaired) electrons. The van der Waals surface area contributed by atoms with Gasteiger partial charge in [0.15, 0.2) is 0 Å². The van der Waals surface area contributed by atoms with E-state index in [-0.39, 0.29) is 16.8 Å². The molecule has 1 heterocycles. The van der Waals surface area contributed by atoms with E-state index >= 15 is 0 Å². The van der Waals surface area contributed by atoms with Gasteiger partial charge in [0.25, 0.3) is 0 Å². The maximum Gasteiger partial charge on any atom is 0.101 e. The number of nitrogens with zero attached hydrogens (tertiary/aromatic N) is 6. The molecule has 1 rings (SSSR count). The van der Waals surface area contributed by atoms with Gasteiger partial charge in [-0.3, -0.25) is 10.9 Å². The zero-order chi connectivity index (χ0) is 21.7. The topological polar surface area (TPSA) is 167 Å². The van der Waals surface area contributed by atoms with Crippen LogP contribution in [0, 0.1) is 17.2 Å².